The summed E-state index contributed by atoms with van der Waals surface area (Å²) in [7, 11) is 1.66. The van der Waals surface area contributed by atoms with E-state index >= 15 is 0 Å². The number of halogens is 2. The number of rotatable bonds is 5. The molecule has 0 aromatic heterocycles. The Kier molecular flexibility index (Phi) is 7.47. The number of allylic oxidation sites excluding steroid dienone is 1. The molecule has 0 aliphatic rings. The summed E-state index contributed by atoms with van der Waals surface area (Å²) >= 11 is 3.43. The van der Waals surface area contributed by atoms with Gasteiger partial charge in [0.25, 0.3) is 0 Å². The van der Waals surface area contributed by atoms with Gasteiger partial charge in [-0.15, -0.1) is 19.0 Å². The summed E-state index contributed by atoms with van der Waals surface area (Å²) in [6, 6.07) is 5.87. The maximum atomic E-state index is 6.08. The molecule has 0 aliphatic heterocycles. The fraction of sp³-hybridized carbons (Fsp3) is 0.333. The summed E-state index contributed by atoms with van der Waals surface area (Å²) in [5.41, 5.74) is 7.11. The fourth-order valence-electron chi connectivity index (χ4n) is 1.45. The second kappa shape index (κ2) is 7.71. The summed E-state index contributed by atoms with van der Waals surface area (Å²) in [6.45, 7) is 3.69. The van der Waals surface area contributed by atoms with Crippen molar-refractivity contribution in [3.8, 4) is 5.75 Å². The Bertz CT molecular complexity index is 344. The Balaban J connectivity index is 0.00000225. The number of methoxy groups -OCH3 is 1. The highest BCUT2D eigenvalue weighted by molar-refractivity contribution is 9.10. The van der Waals surface area contributed by atoms with Crippen molar-refractivity contribution in [2.45, 2.75) is 18.9 Å². The summed E-state index contributed by atoms with van der Waals surface area (Å²) in [4.78, 5) is 0. The van der Waals surface area contributed by atoms with Crippen LogP contribution in [0, 0.1) is 0 Å². The topological polar surface area (TPSA) is 35.2 Å². The highest BCUT2D eigenvalue weighted by Crippen LogP contribution is 2.29. The van der Waals surface area contributed by atoms with Crippen LogP contribution in [-0.2, 0) is 0 Å². The van der Waals surface area contributed by atoms with Gasteiger partial charge < -0.3 is 10.5 Å². The Hall–Kier alpha value is -0.510. The molecule has 2 nitrogen and oxygen atoms in total. The number of ether oxygens (including phenoxy) is 1. The molecule has 0 bridgehead atoms. The summed E-state index contributed by atoms with van der Waals surface area (Å²) in [5.74, 6) is 0.842. The Morgan fingerprint density at radius 2 is 2.25 bits per heavy atom. The molecule has 0 saturated carbocycles. The lowest BCUT2D eigenvalue weighted by Crippen LogP contribution is -2.11. The average Bonchev–Trinajstić information content (AvgIpc) is 2.25. The molecule has 1 atom stereocenters. The maximum absolute atomic E-state index is 6.08. The predicted molar refractivity (Wildman–Crippen MR) is 74.3 cm³/mol. The van der Waals surface area contributed by atoms with Gasteiger partial charge in [0.05, 0.1) is 7.11 Å². The molecule has 1 aromatic carbocycles. The lowest BCUT2D eigenvalue weighted by molar-refractivity contribution is 0.404. The van der Waals surface area contributed by atoms with Crippen molar-refractivity contribution in [2.75, 3.05) is 7.11 Å². The average molecular weight is 307 g/mol. The predicted octanol–water partition coefficient (Wildman–Crippen LogP) is 3.85. The minimum absolute atomic E-state index is 0. The molecule has 2 N–H and O–H groups in total. The van der Waals surface area contributed by atoms with Gasteiger partial charge in [0.1, 0.15) is 5.75 Å². The van der Waals surface area contributed by atoms with Gasteiger partial charge in [-0.25, -0.2) is 0 Å². The molecule has 0 heterocycles. The van der Waals surface area contributed by atoms with Crippen LogP contribution in [0.2, 0.25) is 0 Å². The van der Waals surface area contributed by atoms with Crippen molar-refractivity contribution in [3.63, 3.8) is 0 Å². The van der Waals surface area contributed by atoms with Gasteiger partial charge in [-0.05, 0) is 31.0 Å². The standard InChI is InChI=1S/C12H16BrNO.ClH/c1-3-4-5-11(14)10-8-9(13)6-7-12(10)15-2;/h3,6-8,11H,1,4-5,14H2,2H3;1H/t11-;/m0./s1. The van der Waals surface area contributed by atoms with Crippen LogP contribution in [0.15, 0.2) is 35.3 Å². The van der Waals surface area contributed by atoms with Crippen molar-refractivity contribution in [1.29, 1.82) is 0 Å². The van der Waals surface area contributed by atoms with Crippen LogP contribution in [0.25, 0.3) is 0 Å². The highest BCUT2D eigenvalue weighted by Gasteiger charge is 2.11. The van der Waals surface area contributed by atoms with Crippen molar-refractivity contribution < 1.29 is 4.74 Å². The number of nitrogens with two attached hydrogens (primary N) is 1. The van der Waals surface area contributed by atoms with Crippen molar-refractivity contribution in [3.05, 3.63) is 40.9 Å². The highest BCUT2D eigenvalue weighted by atomic mass is 79.9. The molecule has 1 aromatic rings. The smallest absolute Gasteiger partial charge is 0.123 e. The Morgan fingerprint density at radius 3 is 2.81 bits per heavy atom. The molecule has 16 heavy (non-hydrogen) atoms. The molecular formula is C12H17BrClNO. The van der Waals surface area contributed by atoms with Gasteiger partial charge in [-0.3, -0.25) is 0 Å². The minimum Gasteiger partial charge on any atom is -0.496 e. The number of hydrogen-bond donors (Lipinski definition) is 1. The van der Waals surface area contributed by atoms with Crippen molar-refractivity contribution in [2.24, 2.45) is 5.73 Å². The molecule has 1 rings (SSSR count). The Morgan fingerprint density at radius 1 is 1.56 bits per heavy atom. The zero-order valence-corrected chi connectivity index (χ0v) is 11.7. The van der Waals surface area contributed by atoms with Gasteiger partial charge in [-0.1, -0.05) is 22.0 Å². The van der Waals surface area contributed by atoms with Gasteiger partial charge in [0, 0.05) is 16.1 Å². The maximum Gasteiger partial charge on any atom is 0.123 e. The fourth-order valence-corrected chi connectivity index (χ4v) is 1.83. The van der Waals surface area contributed by atoms with E-state index in [4.69, 9.17) is 10.5 Å². The third kappa shape index (κ3) is 4.16. The minimum atomic E-state index is -0.00421. The second-order valence-electron chi connectivity index (χ2n) is 3.36. The van der Waals surface area contributed by atoms with Crippen molar-refractivity contribution in [1.82, 2.24) is 0 Å². The lowest BCUT2D eigenvalue weighted by atomic mass is 10.0. The van der Waals surface area contributed by atoms with Gasteiger partial charge in [0.2, 0.25) is 0 Å². The van der Waals surface area contributed by atoms with E-state index in [9.17, 15) is 0 Å². The quantitative estimate of drug-likeness (QED) is 0.839. The third-order valence-electron chi connectivity index (χ3n) is 2.27. The number of benzene rings is 1. The SMILES string of the molecule is C=CCC[C@H](N)c1cc(Br)ccc1OC.Cl. The first kappa shape index (κ1) is 15.5. The second-order valence-corrected chi connectivity index (χ2v) is 4.27. The normalized spacial score (nSPS) is 11.4. The summed E-state index contributed by atoms with van der Waals surface area (Å²) in [6.07, 6.45) is 3.68. The molecule has 0 spiro atoms. The van der Waals surface area contributed by atoms with Crippen LogP contribution in [0.5, 0.6) is 5.75 Å². The van der Waals surface area contributed by atoms with Crippen LogP contribution in [-0.4, -0.2) is 7.11 Å². The lowest BCUT2D eigenvalue weighted by Gasteiger charge is -2.15. The van der Waals surface area contributed by atoms with E-state index in [-0.39, 0.29) is 18.4 Å². The molecule has 0 saturated heterocycles. The van der Waals surface area contributed by atoms with Gasteiger partial charge in [0.15, 0.2) is 0 Å². The van der Waals surface area contributed by atoms with E-state index in [0.717, 1.165) is 28.6 Å². The monoisotopic (exact) mass is 305 g/mol. The molecule has 90 valence electrons. The van der Waals surface area contributed by atoms with Gasteiger partial charge in [-0.2, -0.15) is 0 Å². The van der Waals surface area contributed by atoms with E-state index in [2.05, 4.69) is 22.5 Å². The van der Waals surface area contributed by atoms with Crippen LogP contribution in [0.3, 0.4) is 0 Å². The van der Waals surface area contributed by atoms with E-state index in [1.165, 1.54) is 0 Å². The van der Waals surface area contributed by atoms with Crippen molar-refractivity contribution >= 4 is 28.3 Å². The summed E-state index contributed by atoms with van der Waals surface area (Å²) < 4.78 is 6.30. The third-order valence-corrected chi connectivity index (χ3v) is 2.77. The van der Waals surface area contributed by atoms with Crippen LogP contribution in [0.1, 0.15) is 24.4 Å². The molecular weight excluding hydrogens is 289 g/mol. The first-order valence-electron chi connectivity index (χ1n) is 4.89. The van der Waals surface area contributed by atoms with E-state index in [0.29, 0.717) is 0 Å². The zero-order valence-electron chi connectivity index (χ0n) is 9.28. The largest absolute Gasteiger partial charge is 0.496 e. The molecule has 0 amide bonds. The molecule has 0 unspecified atom stereocenters. The van der Waals surface area contributed by atoms with Crippen LogP contribution >= 0.6 is 28.3 Å². The Labute approximate surface area is 111 Å². The van der Waals surface area contributed by atoms with E-state index in [1.807, 2.05) is 24.3 Å². The first-order valence-corrected chi connectivity index (χ1v) is 5.68. The molecule has 0 radical (unpaired) electrons. The summed E-state index contributed by atoms with van der Waals surface area (Å²) in [5, 5.41) is 0. The number of hydrogen-bond acceptors (Lipinski definition) is 2. The molecule has 0 aliphatic carbocycles. The van der Waals surface area contributed by atoms with Crippen LogP contribution in [0.4, 0.5) is 0 Å². The van der Waals surface area contributed by atoms with E-state index < -0.39 is 0 Å². The van der Waals surface area contributed by atoms with E-state index in [1.54, 1.807) is 7.11 Å². The molecule has 4 heteroatoms. The molecule has 0 fully saturated rings. The zero-order chi connectivity index (χ0) is 11.3. The van der Waals surface area contributed by atoms with Crippen LogP contribution < -0.4 is 10.5 Å². The van der Waals surface area contributed by atoms with Gasteiger partial charge >= 0.3 is 0 Å². The first-order chi connectivity index (χ1) is 7.19.